The lowest BCUT2D eigenvalue weighted by Gasteiger charge is -2.33. The number of likely N-dealkylation sites (N-methyl/N-ethyl adjacent to an activating group) is 1. The number of fused-ring (bicyclic) bond motifs is 1. The number of carbonyl (C=O) groups excluding carboxylic acids is 1. The van der Waals surface area contributed by atoms with Crippen LogP contribution in [0.3, 0.4) is 0 Å². The fraction of sp³-hybridized carbons (Fsp3) is 0.500. The zero-order valence-corrected chi connectivity index (χ0v) is 18.7. The number of hydrogen-bond donors (Lipinski definition) is 1. The number of sulfonamides is 1. The maximum absolute atomic E-state index is 13.1. The van der Waals surface area contributed by atoms with Crippen LogP contribution in [0.2, 0.25) is 0 Å². The number of hydrogen-bond acceptors (Lipinski definition) is 4. The molecule has 0 aliphatic carbocycles. The van der Waals surface area contributed by atoms with Gasteiger partial charge in [-0.05, 0) is 42.9 Å². The fourth-order valence-corrected chi connectivity index (χ4v) is 6.26. The quantitative estimate of drug-likeness (QED) is 0.807. The van der Waals surface area contributed by atoms with Crippen LogP contribution in [0.25, 0.3) is 0 Å². The number of nitrogens with one attached hydrogen (secondary N) is 1. The summed E-state index contributed by atoms with van der Waals surface area (Å²) in [6, 6.07) is 9.66. The van der Waals surface area contributed by atoms with Gasteiger partial charge in [0, 0.05) is 45.6 Å². The Kier molecular flexibility index (Phi) is 5.63. The van der Waals surface area contributed by atoms with E-state index in [2.05, 4.69) is 29.3 Å². The van der Waals surface area contributed by atoms with Crippen LogP contribution in [0.15, 0.2) is 41.4 Å². The first-order chi connectivity index (χ1) is 14.3. The molecular weight excluding hydrogens is 400 g/mol. The van der Waals surface area contributed by atoms with Crippen molar-refractivity contribution >= 4 is 21.6 Å². The summed E-state index contributed by atoms with van der Waals surface area (Å²) >= 11 is 0. The van der Waals surface area contributed by atoms with Crippen LogP contribution >= 0.6 is 0 Å². The molecular formula is C22H30N4O3S. The lowest BCUT2D eigenvalue weighted by molar-refractivity contribution is 0.0929. The molecule has 162 valence electrons. The summed E-state index contributed by atoms with van der Waals surface area (Å²) in [5.74, 6) is 0.106. The van der Waals surface area contributed by atoms with E-state index in [9.17, 15) is 13.2 Å². The summed E-state index contributed by atoms with van der Waals surface area (Å²) in [4.78, 5) is 15.3. The Morgan fingerprint density at radius 2 is 1.93 bits per heavy atom. The van der Waals surface area contributed by atoms with Gasteiger partial charge in [-0.1, -0.05) is 25.1 Å². The number of rotatable bonds is 4. The molecule has 7 nitrogen and oxygen atoms in total. The first-order valence-corrected chi connectivity index (χ1v) is 12.0. The molecule has 0 radical (unpaired) electrons. The molecule has 3 heterocycles. The Morgan fingerprint density at radius 3 is 2.70 bits per heavy atom. The molecule has 2 aliphatic rings. The van der Waals surface area contributed by atoms with Crippen molar-refractivity contribution in [1.29, 1.82) is 0 Å². The van der Waals surface area contributed by atoms with Crippen molar-refractivity contribution in [2.45, 2.75) is 37.1 Å². The second-order valence-electron chi connectivity index (χ2n) is 8.67. The Balaban J connectivity index is 1.50. The third-order valence-corrected chi connectivity index (χ3v) is 8.00. The van der Waals surface area contributed by atoms with E-state index >= 15 is 0 Å². The first-order valence-electron chi connectivity index (χ1n) is 10.5. The zero-order valence-electron chi connectivity index (χ0n) is 17.8. The van der Waals surface area contributed by atoms with Gasteiger partial charge in [-0.2, -0.15) is 4.31 Å². The highest BCUT2D eigenvalue weighted by molar-refractivity contribution is 7.89. The molecule has 1 amide bonds. The van der Waals surface area contributed by atoms with Gasteiger partial charge in [0.1, 0.15) is 10.6 Å². The average Bonchev–Trinajstić information content (AvgIpc) is 3.11. The van der Waals surface area contributed by atoms with E-state index in [1.54, 1.807) is 22.1 Å². The van der Waals surface area contributed by atoms with Crippen molar-refractivity contribution < 1.29 is 13.2 Å². The summed E-state index contributed by atoms with van der Waals surface area (Å²) in [7, 11) is 0.147. The molecule has 2 aromatic rings. The highest BCUT2D eigenvalue weighted by Gasteiger charge is 2.31. The summed E-state index contributed by atoms with van der Waals surface area (Å²) in [6.07, 6.45) is 4.23. The monoisotopic (exact) mass is 430 g/mol. The maximum atomic E-state index is 13.1. The van der Waals surface area contributed by atoms with Crippen molar-refractivity contribution in [2.75, 3.05) is 31.6 Å². The van der Waals surface area contributed by atoms with E-state index in [1.807, 2.05) is 19.2 Å². The molecule has 1 aromatic heterocycles. The van der Waals surface area contributed by atoms with Crippen LogP contribution in [0.1, 0.15) is 35.8 Å². The molecule has 4 rings (SSSR count). The van der Waals surface area contributed by atoms with E-state index in [0.29, 0.717) is 31.2 Å². The Labute approximate surface area is 178 Å². The van der Waals surface area contributed by atoms with Crippen LogP contribution in [-0.4, -0.2) is 55.9 Å². The van der Waals surface area contributed by atoms with Gasteiger partial charge in [-0.25, -0.2) is 8.42 Å². The van der Waals surface area contributed by atoms with Crippen molar-refractivity contribution in [2.24, 2.45) is 13.0 Å². The number of aryl methyl sites for hydroxylation is 1. The molecule has 1 saturated heterocycles. The van der Waals surface area contributed by atoms with Gasteiger partial charge >= 0.3 is 0 Å². The number of piperidine rings is 1. The lowest BCUT2D eigenvalue weighted by atomic mass is 9.98. The van der Waals surface area contributed by atoms with Crippen molar-refractivity contribution in [3.63, 3.8) is 0 Å². The number of carbonyl (C=O) groups is 1. The van der Waals surface area contributed by atoms with Gasteiger partial charge in [0.25, 0.3) is 5.91 Å². The van der Waals surface area contributed by atoms with Crippen LogP contribution in [0, 0.1) is 5.92 Å². The molecule has 0 spiro atoms. The van der Waals surface area contributed by atoms with Crippen molar-refractivity contribution in [3.8, 4) is 0 Å². The minimum absolute atomic E-state index is 0.0321. The molecule has 2 atom stereocenters. The largest absolute Gasteiger partial charge is 0.372 e. The predicted octanol–water partition coefficient (Wildman–Crippen LogP) is 2.24. The number of benzene rings is 1. The molecule has 8 heteroatoms. The third-order valence-electron chi connectivity index (χ3n) is 6.17. The second-order valence-corrected chi connectivity index (χ2v) is 10.6. The maximum Gasteiger partial charge on any atom is 0.268 e. The molecule has 2 aliphatic heterocycles. The molecule has 1 aromatic carbocycles. The van der Waals surface area contributed by atoms with E-state index < -0.39 is 10.0 Å². The van der Waals surface area contributed by atoms with Gasteiger partial charge in [0.15, 0.2) is 0 Å². The van der Waals surface area contributed by atoms with Crippen LogP contribution in [0.4, 0.5) is 5.69 Å². The van der Waals surface area contributed by atoms with Gasteiger partial charge in [0.05, 0.1) is 6.04 Å². The predicted molar refractivity (Wildman–Crippen MR) is 117 cm³/mol. The Morgan fingerprint density at radius 1 is 1.17 bits per heavy atom. The second kappa shape index (κ2) is 8.07. The summed E-state index contributed by atoms with van der Waals surface area (Å²) in [5.41, 5.74) is 2.75. The topological polar surface area (TPSA) is 74.7 Å². The molecule has 1 N–H and O–H groups in total. The average molecular weight is 431 g/mol. The van der Waals surface area contributed by atoms with E-state index in [1.165, 1.54) is 17.3 Å². The number of anilines is 1. The van der Waals surface area contributed by atoms with E-state index in [-0.39, 0.29) is 16.8 Å². The van der Waals surface area contributed by atoms with Crippen molar-refractivity contribution in [3.05, 3.63) is 47.8 Å². The highest BCUT2D eigenvalue weighted by atomic mass is 32.2. The molecule has 2 unspecified atom stereocenters. The summed E-state index contributed by atoms with van der Waals surface area (Å²) < 4.78 is 29.3. The third kappa shape index (κ3) is 3.98. The SMILES string of the molecule is CC1CCCN(S(=O)(=O)c2cc(C(=O)NC3Cc4ccccc4N(C)C3)n(C)c2)C1. The van der Waals surface area contributed by atoms with Gasteiger partial charge in [0.2, 0.25) is 10.0 Å². The van der Waals surface area contributed by atoms with Crippen LogP contribution in [0.5, 0.6) is 0 Å². The highest BCUT2D eigenvalue weighted by Crippen LogP contribution is 2.27. The molecule has 0 saturated carbocycles. The fourth-order valence-electron chi connectivity index (χ4n) is 4.59. The molecule has 0 bridgehead atoms. The standard InChI is InChI=1S/C22H30N4O3S/c1-16-7-6-10-26(13-16)30(28,29)19-12-21(25(3)15-19)22(27)23-18-11-17-8-4-5-9-20(17)24(2)14-18/h4-5,8-9,12,15-16,18H,6-7,10-11,13-14H2,1-3H3,(H,23,27). The first kappa shape index (κ1) is 20.9. The summed E-state index contributed by atoms with van der Waals surface area (Å²) in [5, 5.41) is 3.09. The van der Waals surface area contributed by atoms with Gasteiger partial charge < -0.3 is 14.8 Å². The van der Waals surface area contributed by atoms with Crippen LogP contribution in [-0.2, 0) is 23.5 Å². The number of aromatic nitrogens is 1. The van der Waals surface area contributed by atoms with Crippen molar-refractivity contribution in [1.82, 2.24) is 14.2 Å². The normalized spacial score (nSPS) is 22.6. The van der Waals surface area contributed by atoms with Crippen LogP contribution < -0.4 is 10.2 Å². The van der Waals surface area contributed by atoms with E-state index in [4.69, 9.17) is 0 Å². The molecule has 1 fully saturated rings. The minimum Gasteiger partial charge on any atom is -0.372 e. The minimum atomic E-state index is -3.59. The lowest BCUT2D eigenvalue weighted by Crippen LogP contribution is -2.47. The number of para-hydroxylation sites is 1. The van der Waals surface area contributed by atoms with Gasteiger partial charge in [-0.15, -0.1) is 0 Å². The van der Waals surface area contributed by atoms with Gasteiger partial charge in [-0.3, -0.25) is 4.79 Å². The van der Waals surface area contributed by atoms with E-state index in [0.717, 1.165) is 19.3 Å². The summed E-state index contributed by atoms with van der Waals surface area (Å²) in [6.45, 7) is 3.86. The number of nitrogens with zero attached hydrogens (tertiary/aromatic N) is 3. The Bertz CT molecular complexity index is 1050. The molecule has 30 heavy (non-hydrogen) atoms. The smallest absolute Gasteiger partial charge is 0.268 e. The Hall–Kier alpha value is -2.32. The number of amides is 1. The zero-order chi connectivity index (χ0) is 21.5.